The molecule has 100 valence electrons. The van der Waals surface area contributed by atoms with Gasteiger partial charge in [-0.3, -0.25) is 4.79 Å². The first-order valence-electron chi connectivity index (χ1n) is 5.87. The SMILES string of the molecule is Cl.NC1(CNC(=O)Cc2cccc(Cl)c2)CCC1. The molecule has 0 aliphatic heterocycles. The molecule has 1 aromatic rings. The Bertz CT molecular complexity index is 419. The number of nitrogens with one attached hydrogen (secondary N) is 1. The summed E-state index contributed by atoms with van der Waals surface area (Å²) in [6.45, 7) is 0.576. The minimum Gasteiger partial charge on any atom is -0.354 e. The molecule has 3 nitrogen and oxygen atoms in total. The number of hydrogen-bond acceptors (Lipinski definition) is 2. The highest BCUT2D eigenvalue weighted by Gasteiger charge is 2.32. The lowest BCUT2D eigenvalue weighted by Crippen LogP contribution is -2.55. The van der Waals surface area contributed by atoms with Gasteiger partial charge in [0.25, 0.3) is 0 Å². The number of amides is 1. The fourth-order valence-corrected chi connectivity index (χ4v) is 2.19. The average molecular weight is 289 g/mol. The summed E-state index contributed by atoms with van der Waals surface area (Å²) in [5.74, 6) is 0.00370. The molecule has 1 amide bonds. The second kappa shape index (κ2) is 6.41. The van der Waals surface area contributed by atoms with E-state index in [9.17, 15) is 4.79 Å². The van der Waals surface area contributed by atoms with E-state index in [1.165, 1.54) is 6.42 Å². The molecule has 1 aliphatic carbocycles. The minimum absolute atomic E-state index is 0. The Balaban J connectivity index is 0.00000162. The van der Waals surface area contributed by atoms with Crippen molar-refractivity contribution in [2.45, 2.75) is 31.2 Å². The summed E-state index contributed by atoms with van der Waals surface area (Å²) in [4.78, 5) is 11.7. The molecule has 1 saturated carbocycles. The van der Waals surface area contributed by atoms with Crippen molar-refractivity contribution in [1.82, 2.24) is 5.32 Å². The van der Waals surface area contributed by atoms with E-state index in [2.05, 4.69) is 5.32 Å². The Hall–Kier alpha value is -0.770. The highest BCUT2D eigenvalue weighted by atomic mass is 35.5. The average Bonchev–Trinajstić information content (AvgIpc) is 2.24. The van der Waals surface area contributed by atoms with Crippen LogP contribution < -0.4 is 11.1 Å². The molecular formula is C13H18Cl2N2O. The van der Waals surface area contributed by atoms with Crippen molar-refractivity contribution in [3.05, 3.63) is 34.9 Å². The van der Waals surface area contributed by atoms with Crippen LogP contribution in [-0.2, 0) is 11.2 Å². The van der Waals surface area contributed by atoms with Crippen LogP contribution in [-0.4, -0.2) is 18.0 Å². The van der Waals surface area contributed by atoms with Crippen molar-refractivity contribution in [3.8, 4) is 0 Å². The van der Waals surface area contributed by atoms with E-state index < -0.39 is 0 Å². The van der Waals surface area contributed by atoms with Crippen molar-refractivity contribution >= 4 is 29.9 Å². The quantitative estimate of drug-likeness (QED) is 0.893. The molecule has 0 saturated heterocycles. The topological polar surface area (TPSA) is 55.1 Å². The molecule has 0 aromatic heterocycles. The van der Waals surface area contributed by atoms with Gasteiger partial charge in [0.2, 0.25) is 5.91 Å². The van der Waals surface area contributed by atoms with E-state index in [4.69, 9.17) is 17.3 Å². The van der Waals surface area contributed by atoms with E-state index in [0.29, 0.717) is 18.0 Å². The van der Waals surface area contributed by atoms with E-state index in [1.54, 1.807) is 6.07 Å². The highest BCUT2D eigenvalue weighted by Crippen LogP contribution is 2.28. The molecule has 3 N–H and O–H groups in total. The van der Waals surface area contributed by atoms with Gasteiger partial charge in [-0.15, -0.1) is 12.4 Å². The summed E-state index contributed by atoms with van der Waals surface area (Å²) >= 11 is 5.86. The molecule has 1 aliphatic rings. The summed E-state index contributed by atoms with van der Waals surface area (Å²) in [5, 5.41) is 3.54. The van der Waals surface area contributed by atoms with Crippen LogP contribution in [0.1, 0.15) is 24.8 Å². The van der Waals surface area contributed by atoms with Crippen LogP contribution >= 0.6 is 24.0 Å². The van der Waals surface area contributed by atoms with Gasteiger partial charge in [-0.05, 0) is 37.0 Å². The molecule has 0 radical (unpaired) electrons. The van der Waals surface area contributed by atoms with Crippen molar-refractivity contribution in [1.29, 1.82) is 0 Å². The van der Waals surface area contributed by atoms with Gasteiger partial charge in [-0.25, -0.2) is 0 Å². The van der Waals surface area contributed by atoms with E-state index in [1.807, 2.05) is 18.2 Å². The van der Waals surface area contributed by atoms with Crippen molar-refractivity contribution in [2.75, 3.05) is 6.54 Å². The molecule has 0 unspecified atom stereocenters. The van der Waals surface area contributed by atoms with Gasteiger partial charge in [0.05, 0.1) is 6.42 Å². The Morgan fingerprint density at radius 2 is 2.17 bits per heavy atom. The zero-order valence-electron chi connectivity index (χ0n) is 10.1. The fraction of sp³-hybridized carbons (Fsp3) is 0.462. The summed E-state index contributed by atoms with van der Waals surface area (Å²) in [7, 11) is 0. The normalized spacial score (nSPS) is 16.3. The fourth-order valence-electron chi connectivity index (χ4n) is 1.98. The standard InChI is InChI=1S/C13H17ClN2O.ClH/c14-11-4-1-3-10(7-11)8-12(17)16-9-13(15)5-2-6-13;/h1,3-4,7H,2,5-6,8-9,15H2,(H,16,17);1H. The van der Waals surface area contributed by atoms with Crippen LogP contribution in [0.15, 0.2) is 24.3 Å². The Morgan fingerprint density at radius 3 is 2.72 bits per heavy atom. The largest absolute Gasteiger partial charge is 0.354 e. The van der Waals surface area contributed by atoms with Gasteiger partial charge in [-0.1, -0.05) is 23.7 Å². The molecule has 18 heavy (non-hydrogen) atoms. The smallest absolute Gasteiger partial charge is 0.224 e. The van der Waals surface area contributed by atoms with Gasteiger partial charge in [0.1, 0.15) is 0 Å². The summed E-state index contributed by atoms with van der Waals surface area (Å²) in [6, 6.07) is 7.35. The molecule has 0 bridgehead atoms. The van der Waals surface area contributed by atoms with Gasteiger partial charge >= 0.3 is 0 Å². The van der Waals surface area contributed by atoms with Crippen LogP contribution in [0.5, 0.6) is 0 Å². The zero-order chi connectivity index (χ0) is 12.3. The van der Waals surface area contributed by atoms with Gasteiger partial charge in [0.15, 0.2) is 0 Å². The third-order valence-corrected chi connectivity index (χ3v) is 3.48. The van der Waals surface area contributed by atoms with Crippen LogP contribution in [0.2, 0.25) is 5.02 Å². The van der Waals surface area contributed by atoms with Gasteiger partial charge in [-0.2, -0.15) is 0 Å². The molecule has 1 fully saturated rings. The minimum atomic E-state index is -0.163. The van der Waals surface area contributed by atoms with Crippen LogP contribution in [0.25, 0.3) is 0 Å². The first kappa shape index (κ1) is 15.3. The maximum atomic E-state index is 11.7. The number of hydrogen-bond donors (Lipinski definition) is 2. The van der Waals surface area contributed by atoms with Gasteiger partial charge in [0, 0.05) is 17.1 Å². The monoisotopic (exact) mass is 288 g/mol. The Kier molecular flexibility index (Phi) is 5.45. The summed E-state index contributed by atoms with van der Waals surface area (Å²) < 4.78 is 0. The Morgan fingerprint density at radius 1 is 1.44 bits per heavy atom. The predicted octanol–water partition coefficient (Wildman–Crippen LogP) is 2.30. The maximum Gasteiger partial charge on any atom is 0.224 e. The van der Waals surface area contributed by atoms with Crippen LogP contribution in [0.4, 0.5) is 0 Å². The molecule has 0 spiro atoms. The predicted molar refractivity (Wildman–Crippen MR) is 76.2 cm³/mol. The number of halogens is 2. The first-order valence-corrected chi connectivity index (χ1v) is 6.25. The maximum absolute atomic E-state index is 11.7. The molecule has 0 heterocycles. The lowest BCUT2D eigenvalue weighted by Gasteiger charge is -2.38. The van der Waals surface area contributed by atoms with Crippen molar-refractivity contribution in [2.24, 2.45) is 5.73 Å². The zero-order valence-corrected chi connectivity index (χ0v) is 11.7. The van der Waals surface area contributed by atoms with Gasteiger partial charge < -0.3 is 11.1 Å². The van der Waals surface area contributed by atoms with Crippen LogP contribution in [0, 0.1) is 0 Å². The second-order valence-corrected chi connectivity index (χ2v) is 5.24. The molecule has 0 atom stereocenters. The summed E-state index contributed by atoms with van der Waals surface area (Å²) in [6.07, 6.45) is 3.53. The van der Waals surface area contributed by atoms with E-state index in [-0.39, 0.29) is 23.9 Å². The molecule has 2 rings (SSSR count). The van der Waals surface area contributed by atoms with Crippen LogP contribution in [0.3, 0.4) is 0 Å². The summed E-state index contributed by atoms with van der Waals surface area (Å²) in [5.41, 5.74) is 6.80. The first-order chi connectivity index (χ1) is 8.07. The van der Waals surface area contributed by atoms with Crippen molar-refractivity contribution in [3.63, 3.8) is 0 Å². The number of carbonyl (C=O) groups is 1. The number of carbonyl (C=O) groups excluding carboxylic acids is 1. The Labute approximate surface area is 118 Å². The second-order valence-electron chi connectivity index (χ2n) is 4.80. The van der Waals surface area contributed by atoms with E-state index in [0.717, 1.165) is 18.4 Å². The number of benzene rings is 1. The lowest BCUT2D eigenvalue weighted by atomic mass is 9.78. The molecule has 5 heteroatoms. The number of rotatable bonds is 4. The van der Waals surface area contributed by atoms with Crippen molar-refractivity contribution < 1.29 is 4.79 Å². The third kappa shape index (κ3) is 4.16. The molecule has 1 aromatic carbocycles. The number of nitrogens with two attached hydrogens (primary N) is 1. The molecular weight excluding hydrogens is 271 g/mol. The highest BCUT2D eigenvalue weighted by molar-refractivity contribution is 6.30. The lowest BCUT2D eigenvalue weighted by molar-refractivity contribution is -0.120. The van der Waals surface area contributed by atoms with E-state index >= 15 is 0 Å². The third-order valence-electron chi connectivity index (χ3n) is 3.24.